The molecule has 1 amide bonds. The lowest BCUT2D eigenvalue weighted by atomic mass is 10.1. The molecule has 0 radical (unpaired) electrons. The molecular formula is C18H26N2O4. The summed E-state index contributed by atoms with van der Waals surface area (Å²) >= 11 is 0. The first-order valence-electron chi connectivity index (χ1n) is 8.16. The van der Waals surface area contributed by atoms with E-state index in [0.29, 0.717) is 18.7 Å². The molecule has 0 aromatic heterocycles. The van der Waals surface area contributed by atoms with Crippen LogP contribution in [0.5, 0.6) is 5.75 Å². The molecule has 0 aliphatic carbocycles. The van der Waals surface area contributed by atoms with E-state index in [1.165, 1.54) is 7.11 Å². The summed E-state index contributed by atoms with van der Waals surface area (Å²) in [5.41, 5.74) is 0.242. The van der Waals surface area contributed by atoms with E-state index < -0.39 is 5.60 Å². The van der Waals surface area contributed by atoms with Crippen LogP contribution >= 0.6 is 0 Å². The number of hydrogen-bond acceptors (Lipinski definition) is 5. The molecule has 6 heteroatoms. The number of likely N-dealkylation sites (tertiary alicyclic amines) is 1. The summed E-state index contributed by atoms with van der Waals surface area (Å²) in [5, 5.41) is 7.61. The van der Waals surface area contributed by atoms with Crippen LogP contribution in [0.15, 0.2) is 24.3 Å². The monoisotopic (exact) mass is 334 g/mol. The highest BCUT2D eigenvalue weighted by Gasteiger charge is 2.27. The maximum Gasteiger partial charge on any atom is 0.410 e. The predicted molar refractivity (Wildman–Crippen MR) is 91.7 cm³/mol. The van der Waals surface area contributed by atoms with Crippen molar-refractivity contribution < 1.29 is 19.0 Å². The number of carbonyl (C=O) groups excluding carboxylic acids is 1. The summed E-state index contributed by atoms with van der Waals surface area (Å²) in [4.78, 5) is 13.8. The highest BCUT2D eigenvalue weighted by Crippen LogP contribution is 2.21. The topological polar surface area (TPSA) is 71.9 Å². The van der Waals surface area contributed by atoms with Crippen molar-refractivity contribution in [1.82, 2.24) is 4.90 Å². The number of piperidine rings is 1. The zero-order valence-corrected chi connectivity index (χ0v) is 14.8. The lowest BCUT2D eigenvalue weighted by molar-refractivity contribution is 0.0126. The van der Waals surface area contributed by atoms with E-state index in [1.807, 2.05) is 32.9 Å². The highest BCUT2D eigenvalue weighted by molar-refractivity contribution is 5.91. The van der Waals surface area contributed by atoms with Crippen LogP contribution in [0.4, 0.5) is 4.79 Å². The summed E-state index contributed by atoms with van der Waals surface area (Å²) in [6.45, 7) is 6.87. The number of benzene rings is 1. The average molecular weight is 334 g/mol. The number of methoxy groups -OCH3 is 1. The fraction of sp³-hybridized carbons (Fsp3) is 0.556. The van der Waals surface area contributed by atoms with E-state index in [2.05, 4.69) is 0 Å². The van der Waals surface area contributed by atoms with Gasteiger partial charge in [-0.25, -0.2) is 4.79 Å². The van der Waals surface area contributed by atoms with Gasteiger partial charge in [0, 0.05) is 31.5 Å². The largest absolute Gasteiger partial charge is 0.490 e. The zero-order valence-electron chi connectivity index (χ0n) is 14.8. The molecule has 1 aliphatic heterocycles. The SMILES string of the molecule is COC(=N)c1ccc(OC2CCN(C(=O)OC(C)(C)C)CC2)cc1. The predicted octanol–water partition coefficient (Wildman–Crippen LogP) is 3.44. The molecule has 0 spiro atoms. The highest BCUT2D eigenvalue weighted by atomic mass is 16.6. The maximum absolute atomic E-state index is 12.0. The molecule has 1 fully saturated rings. The molecular weight excluding hydrogens is 308 g/mol. The Hall–Kier alpha value is -2.24. The van der Waals surface area contributed by atoms with Crippen LogP contribution in [-0.4, -0.2) is 48.8 Å². The van der Waals surface area contributed by atoms with Crippen LogP contribution in [0.2, 0.25) is 0 Å². The normalized spacial score (nSPS) is 15.8. The van der Waals surface area contributed by atoms with Gasteiger partial charge in [-0.05, 0) is 45.0 Å². The molecule has 0 bridgehead atoms. The van der Waals surface area contributed by atoms with Gasteiger partial charge in [0.25, 0.3) is 0 Å². The van der Waals surface area contributed by atoms with E-state index in [0.717, 1.165) is 18.6 Å². The smallest absolute Gasteiger partial charge is 0.410 e. The Morgan fingerprint density at radius 3 is 2.25 bits per heavy atom. The van der Waals surface area contributed by atoms with E-state index in [1.54, 1.807) is 17.0 Å². The molecule has 1 aliphatic rings. The number of amides is 1. The third-order valence-electron chi connectivity index (χ3n) is 3.72. The van der Waals surface area contributed by atoms with Crippen molar-refractivity contribution in [3.8, 4) is 5.75 Å². The van der Waals surface area contributed by atoms with Gasteiger partial charge in [0.2, 0.25) is 5.90 Å². The molecule has 1 aromatic rings. The third-order valence-corrected chi connectivity index (χ3v) is 3.72. The van der Waals surface area contributed by atoms with Gasteiger partial charge in [-0.1, -0.05) is 0 Å². The molecule has 132 valence electrons. The zero-order chi connectivity index (χ0) is 17.7. The Morgan fingerprint density at radius 2 is 1.75 bits per heavy atom. The number of rotatable bonds is 3. The van der Waals surface area contributed by atoms with Crippen LogP contribution in [0.1, 0.15) is 39.2 Å². The molecule has 1 saturated heterocycles. The maximum atomic E-state index is 12.0. The Labute approximate surface area is 143 Å². The lowest BCUT2D eigenvalue weighted by Gasteiger charge is -2.33. The fourth-order valence-electron chi connectivity index (χ4n) is 2.48. The van der Waals surface area contributed by atoms with Gasteiger partial charge in [0.15, 0.2) is 0 Å². The second-order valence-corrected chi connectivity index (χ2v) is 6.84. The summed E-state index contributed by atoms with van der Waals surface area (Å²) < 4.78 is 16.2. The Morgan fingerprint density at radius 1 is 1.17 bits per heavy atom. The van der Waals surface area contributed by atoms with Crippen molar-refractivity contribution in [3.05, 3.63) is 29.8 Å². The minimum Gasteiger partial charge on any atom is -0.490 e. The quantitative estimate of drug-likeness (QED) is 0.679. The Balaban J connectivity index is 1.82. The molecule has 0 unspecified atom stereocenters. The van der Waals surface area contributed by atoms with Crippen LogP contribution in [-0.2, 0) is 9.47 Å². The van der Waals surface area contributed by atoms with E-state index in [4.69, 9.17) is 19.6 Å². The van der Waals surface area contributed by atoms with Crippen molar-refractivity contribution in [1.29, 1.82) is 5.41 Å². The minimum atomic E-state index is -0.470. The molecule has 24 heavy (non-hydrogen) atoms. The van der Waals surface area contributed by atoms with Crippen LogP contribution in [0.25, 0.3) is 0 Å². The minimum absolute atomic E-state index is 0.0800. The van der Waals surface area contributed by atoms with Crippen LogP contribution < -0.4 is 4.74 Å². The number of nitrogens with one attached hydrogen (secondary N) is 1. The second-order valence-electron chi connectivity index (χ2n) is 6.84. The van der Waals surface area contributed by atoms with Crippen molar-refractivity contribution in [3.63, 3.8) is 0 Å². The van der Waals surface area contributed by atoms with Gasteiger partial charge < -0.3 is 19.1 Å². The van der Waals surface area contributed by atoms with E-state index >= 15 is 0 Å². The second kappa shape index (κ2) is 7.55. The first-order valence-corrected chi connectivity index (χ1v) is 8.16. The first-order chi connectivity index (χ1) is 11.3. The Kier molecular flexibility index (Phi) is 5.70. The molecule has 6 nitrogen and oxygen atoms in total. The average Bonchev–Trinajstić information content (AvgIpc) is 2.54. The van der Waals surface area contributed by atoms with E-state index in [9.17, 15) is 4.79 Å². The van der Waals surface area contributed by atoms with Gasteiger partial charge in [0.05, 0.1) is 7.11 Å². The molecule has 0 atom stereocenters. The van der Waals surface area contributed by atoms with Crippen molar-refractivity contribution in [2.75, 3.05) is 20.2 Å². The number of ether oxygens (including phenoxy) is 3. The molecule has 1 N–H and O–H groups in total. The van der Waals surface area contributed by atoms with Crippen molar-refractivity contribution >= 4 is 12.0 Å². The Bertz CT molecular complexity index is 570. The summed E-state index contributed by atoms with van der Waals surface area (Å²) in [6, 6.07) is 7.28. The summed E-state index contributed by atoms with van der Waals surface area (Å²) in [7, 11) is 1.48. The summed E-state index contributed by atoms with van der Waals surface area (Å²) in [5.74, 6) is 0.894. The third kappa shape index (κ3) is 5.15. The number of nitrogens with zero attached hydrogens (tertiary/aromatic N) is 1. The van der Waals surface area contributed by atoms with Gasteiger partial charge in [0.1, 0.15) is 17.5 Å². The van der Waals surface area contributed by atoms with Gasteiger partial charge >= 0.3 is 6.09 Å². The van der Waals surface area contributed by atoms with E-state index in [-0.39, 0.29) is 18.1 Å². The van der Waals surface area contributed by atoms with Gasteiger partial charge in [-0.15, -0.1) is 0 Å². The molecule has 1 heterocycles. The van der Waals surface area contributed by atoms with Crippen LogP contribution in [0.3, 0.4) is 0 Å². The molecule has 0 saturated carbocycles. The van der Waals surface area contributed by atoms with Gasteiger partial charge in [-0.2, -0.15) is 0 Å². The van der Waals surface area contributed by atoms with Crippen LogP contribution in [0, 0.1) is 5.41 Å². The first kappa shape index (κ1) is 18.1. The summed E-state index contributed by atoms with van der Waals surface area (Å²) in [6.07, 6.45) is 1.36. The van der Waals surface area contributed by atoms with Crippen molar-refractivity contribution in [2.45, 2.75) is 45.3 Å². The fourth-order valence-corrected chi connectivity index (χ4v) is 2.48. The molecule has 2 rings (SSSR count). The number of hydrogen-bond donors (Lipinski definition) is 1. The van der Waals surface area contributed by atoms with Gasteiger partial charge in [-0.3, -0.25) is 5.41 Å². The standard InChI is InChI=1S/C18H26N2O4/c1-18(2,3)24-17(21)20-11-9-15(10-12-20)23-14-7-5-13(6-8-14)16(19)22-4/h5-8,15,19H,9-12H2,1-4H3. The lowest BCUT2D eigenvalue weighted by Crippen LogP contribution is -2.44. The van der Waals surface area contributed by atoms with Crippen molar-refractivity contribution in [2.24, 2.45) is 0 Å². The molecule has 1 aromatic carbocycles. The number of carbonyl (C=O) groups is 1.